The second-order valence-corrected chi connectivity index (χ2v) is 5.54. The van der Waals surface area contributed by atoms with E-state index in [0.29, 0.717) is 17.9 Å². The molecule has 3 nitrogen and oxygen atoms in total. The zero-order chi connectivity index (χ0) is 13.2. The monoisotopic (exact) mass is 312 g/mol. The van der Waals surface area contributed by atoms with Gasteiger partial charge in [0, 0.05) is 6.61 Å². The first-order valence-corrected chi connectivity index (χ1v) is 6.59. The Balaban J connectivity index is 2.24. The number of anilines is 1. The maximum absolute atomic E-state index is 14.1. The Kier molecular flexibility index (Phi) is 3.88. The van der Waals surface area contributed by atoms with E-state index in [4.69, 9.17) is 10.00 Å². The van der Waals surface area contributed by atoms with Crippen LogP contribution in [0.25, 0.3) is 0 Å². The number of nitrogens with one attached hydrogen (secondary N) is 1. The fourth-order valence-electron chi connectivity index (χ4n) is 2.09. The van der Waals surface area contributed by atoms with Crippen LogP contribution in [-0.2, 0) is 4.74 Å². The van der Waals surface area contributed by atoms with Crippen molar-refractivity contribution in [2.24, 2.45) is 0 Å². The molecule has 1 saturated heterocycles. The molecule has 5 heteroatoms. The van der Waals surface area contributed by atoms with Crippen molar-refractivity contribution in [3.05, 3.63) is 28.0 Å². The van der Waals surface area contributed by atoms with Gasteiger partial charge in [-0.25, -0.2) is 4.39 Å². The molecule has 0 amide bonds. The molecule has 1 aromatic rings. The Hall–Kier alpha value is -1.12. The highest BCUT2D eigenvalue weighted by atomic mass is 79.9. The molecule has 0 spiro atoms. The minimum absolute atomic E-state index is 0.204. The van der Waals surface area contributed by atoms with Crippen LogP contribution in [-0.4, -0.2) is 18.8 Å². The van der Waals surface area contributed by atoms with Gasteiger partial charge in [-0.3, -0.25) is 0 Å². The van der Waals surface area contributed by atoms with E-state index in [1.165, 1.54) is 0 Å². The Bertz CT molecular complexity index is 492. The van der Waals surface area contributed by atoms with Crippen LogP contribution in [0, 0.1) is 17.1 Å². The molecule has 0 aromatic heterocycles. The van der Waals surface area contributed by atoms with Gasteiger partial charge in [0.05, 0.1) is 27.9 Å². The van der Waals surface area contributed by atoms with Crippen molar-refractivity contribution in [3.63, 3.8) is 0 Å². The molecule has 1 aliphatic rings. The van der Waals surface area contributed by atoms with Crippen molar-refractivity contribution in [2.75, 3.05) is 18.5 Å². The summed E-state index contributed by atoms with van der Waals surface area (Å²) in [5.74, 6) is -0.430. The van der Waals surface area contributed by atoms with Crippen LogP contribution >= 0.6 is 15.9 Å². The van der Waals surface area contributed by atoms with Gasteiger partial charge in [0.15, 0.2) is 5.82 Å². The Morgan fingerprint density at radius 2 is 2.33 bits per heavy atom. The van der Waals surface area contributed by atoms with Crippen LogP contribution in [0.5, 0.6) is 0 Å². The summed E-state index contributed by atoms with van der Waals surface area (Å²) in [6, 6.07) is 5.13. The second kappa shape index (κ2) is 5.25. The van der Waals surface area contributed by atoms with Crippen molar-refractivity contribution < 1.29 is 9.13 Å². The van der Waals surface area contributed by atoms with Gasteiger partial charge in [-0.05, 0) is 47.8 Å². The maximum Gasteiger partial charge on any atom is 0.161 e. The number of halogens is 2. The Morgan fingerprint density at radius 3 is 2.94 bits per heavy atom. The lowest BCUT2D eigenvalue weighted by molar-refractivity contribution is 0.0539. The molecule has 18 heavy (non-hydrogen) atoms. The number of ether oxygens (including phenoxy) is 1. The molecule has 1 aliphatic heterocycles. The summed E-state index contributed by atoms with van der Waals surface area (Å²) < 4.78 is 19.7. The van der Waals surface area contributed by atoms with Crippen LogP contribution in [0.1, 0.15) is 25.3 Å². The maximum atomic E-state index is 14.1. The van der Waals surface area contributed by atoms with Gasteiger partial charge >= 0.3 is 0 Å². The molecule has 0 saturated carbocycles. The molecule has 2 rings (SSSR count). The lowest BCUT2D eigenvalue weighted by Crippen LogP contribution is -2.43. The summed E-state index contributed by atoms with van der Waals surface area (Å²) in [4.78, 5) is 0. The smallest absolute Gasteiger partial charge is 0.161 e. The van der Waals surface area contributed by atoms with Crippen LogP contribution in [0.3, 0.4) is 0 Å². The first-order valence-electron chi connectivity index (χ1n) is 5.80. The Labute approximate surface area is 114 Å². The summed E-state index contributed by atoms with van der Waals surface area (Å²) in [6.07, 6.45) is 1.90. The number of hydrogen-bond acceptors (Lipinski definition) is 3. The van der Waals surface area contributed by atoms with Gasteiger partial charge in [0.2, 0.25) is 0 Å². The van der Waals surface area contributed by atoms with E-state index >= 15 is 0 Å². The van der Waals surface area contributed by atoms with E-state index in [1.807, 2.05) is 13.0 Å². The van der Waals surface area contributed by atoms with Gasteiger partial charge in [0.1, 0.15) is 6.07 Å². The summed E-state index contributed by atoms with van der Waals surface area (Å²) in [5, 5.41) is 12.0. The van der Waals surface area contributed by atoms with Gasteiger partial charge in [-0.1, -0.05) is 0 Å². The van der Waals surface area contributed by atoms with Crippen LogP contribution < -0.4 is 5.32 Å². The molecule has 1 fully saturated rings. The molecular formula is C13H14BrFN2O. The molecule has 96 valence electrons. The SMILES string of the molecule is CC1(Nc2ccc(C#N)c(Br)c2F)CCCOC1. The van der Waals surface area contributed by atoms with Crippen molar-refractivity contribution >= 4 is 21.6 Å². The number of nitrogens with zero attached hydrogens (tertiary/aromatic N) is 1. The predicted octanol–water partition coefficient (Wildman–Crippen LogP) is 3.44. The van der Waals surface area contributed by atoms with E-state index in [9.17, 15) is 4.39 Å². The van der Waals surface area contributed by atoms with E-state index < -0.39 is 5.82 Å². The van der Waals surface area contributed by atoms with Crippen LogP contribution in [0.4, 0.5) is 10.1 Å². The fraction of sp³-hybridized carbons (Fsp3) is 0.462. The van der Waals surface area contributed by atoms with Crippen LogP contribution in [0.2, 0.25) is 0 Å². The highest BCUT2D eigenvalue weighted by Crippen LogP contribution is 2.30. The number of benzene rings is 1. The van der Waals surface area contributed by atoms with Crippen molar-refractivity contribution in [1.82, 2.24) is 0 Å². The fourth-order valence-corrected chi connectivity index (χ4v) is 2.52. The molecular weight excluding hydrogens is 299 g/mol. The van der Waals surface area contributed by atoms with E-state index in [1.54, 1.807) is 12.1 Å². The standard InChI is InChI=1S/C13H14BrFN2O/c1-13(5-2-6-18-8-13)17-10-4-3-9(7-16)11(14)12(10)15/h3-4,17H,2,5-6,8H2,1H3. The molecule has 1 unspecified atom stereocenters. The molecule has 0 radical (unpaired) electrons. The topological polar surface area (TPSA) is 45.0 Å². The minimum atomic E-state index is -0.430. The summed E-state index contributed by atoms with van der Waals surface area (Å²) in [7, 11) is 0. The van der Waals surface area contributed by atoms with Gasteiger partial charge in [-0.15, -0.1) is 0 Å². The first kappa shape index (κ1) is 13.3. The highest BCUT2D eigenvalue weighted by molar-refractivity contribution is 9.10. The minimum Gasteiger partial charge on any atom is -0.379 e. The lowest BCUT2D eigenvalue weighted by atomic mass is 9.94. The lowest BCUT2D eigenvalue weighted by Gasteiger charge is -2.35. The average molecular weight is 313 g/mol. The molecule has 1 atom stereocenters. The predicted molar refractivity (Wildman–Crippen MR) is 70.9 cm³/mol. The molecule has 0 bridgehead atoms. The van der Waals surface area contributed by atoms with E-state index in [0.717, 1.165) is 19.4 Å². The molecule has 1 aromatic carbocycles. The third kappa shape index (κ3) is 2.65. The summed E-state index contributed by atoms with van der Waals surface area (Å²) in [5.41, 5.74) is 0.434. The van der Waals surface area contributed by atoms with E-state index in [-0.39, 0.29) is 10.0 Å². The normalized spacial score (nSPS) is 23.4. The van der Waals surface area contributed by atoms with Crippen molar-refractivity contribution in [2.45, 2.75) is 25.3 Å². The zero-order valence-electron chi connectivity index (χ0n) is 10.1. The van der Waals surface area contributed by atoms with E-state index in [2.05, 4.69) is 21.2 Å². The van der Waals surface area contributed by atoms with Crippen molar-refractivity contribution in [3.8, 4) is 6.07 Å². The number of nitriles is 1. The average Bonchev–Trinajstić information content (AvgIpc) is 2.36. The zero-order valence-corrected chi connectivity index (χ0v) is 11.7. The highest BCUT2D eigenvalue weighted by Gasteiger charge is 2.28. The largest absolute Gasteiger partial charge is 0.379 e. The third-order valence-corrected chi connectivity index (χ3v) is 3.85. The summed E-state index contributed by atoms with van der Waals surface area (Å²) in [6.45, 7) is 3.33. The summed E-state index contributed by atoms with van der Waals surface area (Å²) >= 11 is 3.10. The number of rotatable bonds is 2. The van der Waals surface area contributed by atoms with Gasteiger partial charge in [-0.2, -0.15) is 5.26 Å². The Morgan fingerprint density at radius 1 is 1.56 bits per heavy atom. The first-order chi connectivity index (χ1) is 8.56. The molecule has 0 aliphatic carbocycles. The third-order valence-electron chi connectivity index (χ3n) is 3.08. The second-order valence-electron chi connectivity index (χ2n) is 4.74. The molecule has 1 heterocycles. The van der Waals surface area contributed by atoms with Crippen molar-refractivity contribution in [1.29, 1.82) is 5.26 Å². The molecule has 1 N–H and O–H groups in total. The number of hydrogen-bond donors (Lipinski definition) is 1. The quantitative estimate of drug-likeness (QED) is 0.909. The van der Waals surface area contributed by atoms with Crippen LogP contribution in [0.15, 0.2) is 16.6 Å². The van der Waals surface area contributed by atoms with Gasteiger partial charge in [0.25, 0.3) is 0 Å². The van der Waals surface area contributed by atoms with Gasteiger partial charge < -0.3 is 10.1 Å².